The van der Waals surface area contributed by atoms with Gasteiger partial charge in [0.05, 0.1) is 5.60 Å². The van der Waals surface area contributed by atoms with E-state index in [1.807, 2.05) is 24.3 Å². The number of rotatable bonds is 15. The zero-order chi connectivity index (χ0) is 32.9. The quantitative estimate of drug-likeness (QED) is 0.152. The number of fused-ring (bicyclic) bond motifs is 1. The van der Waals surface area contributed by atoms with Crippen LogP contribution in [0.3, 0.4) is 0 Å². The van der Waals surface area contributed by atoms with Crippen LogP contribution in [-0.2, 0) is 15.8 Å². The number of carbonyl (C=O) groups excluding carboxylic acids is 1. The lowest BCUT2D eigenvalue weighted by Crippen LogP contribution is -2.48. The Hall–Kier alpha value is -2.74. The van der Waals surface area contributed by atoms with Gasteiger partial charge in [-0.05, 0) is 107 Å². The lowest BCUT2D eigenvalue weighted by atomic mass is 9.70. The third-order valence-corrected chi connectivity index (χ3v) is 11.7. The summed E-state index contributed by atoms with van der Waals surface area (Å²) < 4.78 is 0. The number of nitrogens with zero attached hydrogens (tertiary/aromatic N) is 4. The number of hydrogen-bond donors (Lipinski definition) is 1. The summed E-state index contributed by atoms with van der Waals surface area (Å²) in [4.78, 5) is 22.6. The third-order valence-electron chi connectivity index (χ3n) is 11.4. The van der Waals surface area contributed by atoms with Gasteiger partial charge in [-0.1, -0.05) is 84.4 Å². The van der Waals surface area contributed by atoms with Gasteiger partial charge in [0.1, 0.15) is 0 Å². The molecule has 252 valence electrons. The first-order valence-electron chi connectivity index (χ1n) is 17.7. The van der Waals surface area contributed by atoms with E-state index in [2.05, 4.69) is 94.4 Å². The molecule has 6 nitrogen and oxygen atoms in total. The zero-order valence-corrected chi connectivity index (χ0v) is 29.1. The van der Waals surface area contributed by atoms with Crippen LogP contribution < -0.4 is 0 Å². The fraction of sp³-hybridized carbons (Fsp3) is 0.525. The first kappa shape index (κ1) is 34.1. The topological polar surface area (TPSA) is 50.0 Å². The van der Waals surface area contributed by atoms with Gasteiger partial charge in [0.25, 0.3) is 0 Å². The van der Waals surface area contributed by atoms with Gasteiger partial charge in [0.2, 0.25) is 6.41 Å². The largest absolute Gasteiger partial charge is 0.385 e. The molecule has 0 radical (unpaired) electrons. The number of hydrogen-bond acceptors (Lipinski definition) is 5. The number of aliphatic hydroxyl groups is 1. The Morgan fingerprint density at radius 3 is 2.15 bits per heavy atom. The number of carbonyl (C=O) groups is 1. The first-order valence-corrected chi connectivity index (χ1v) is 18.1. The molecular weight excluding hydrogens is 604 g/mol. The van der Waals surface area contributed by atoms with Crippen molar-refractivity contribution in [1.29, 1.82) is 0 Å². The van der Waals surface area contributed by atoms with Gasteiger partial charge in [-0.3, -0.25) is 9.69 Å². The summed E-state index contributed by atoms with van der Waals surface area (Å²) >= 11 is 6.11. The van der Waals surface area contributed by atoms with Crippen molar-refractivity contribution in [3.05, 3.63) is 107 Å². The molecule has 0 saturated carbocycles. The highest BCUT2D eigenvalue weighted by Gasteiger charge is 2.51. The fourth-order valence-corrected chi connectivity index (χ4v) is 8.71. The predicted molar refractivity (Wildman–Crippen MR) is 192 cm³/mol. The molecule has 3 aromatic rings. The molecule has 0 aliphatic carbocycles. The summed E-state index contributed by atoms with van der Waals surface area (Å²) in [6.45, 7) is 5.60. The van der Waals surface area contributed by atoms with Crippen LogP contribution in [0.4, 0.5) is 0 Å². The molecular formula is C40H53ClN4O2. The summed E-state index contributed by atoms with van der Waals surface area (Å²) in [7, 11) is 4.30. The van der Waals surface area contributed by atoms with Crippen molar-refractivity contribution in [3.63, 3.8) is 0 Å². The normalized spacial score (nSPS) is 24.1. The maximum absolute atomic E-state index is 13.0. The van der Waals surface area contributed by atoms with Crippen molar-refractivity contribution in [2.24, 2.45) is 0 Å². The molecule has 3 heterocycles. The second-order valence-electron chi connectivity index (χ2n) is 14.6. The van der Waals surface area contributed by atoms with E-state index in [4.69, 9.17) is 11.6 Å². The van der Waals surface area contributed by atoms with Gasteiger partial charge in [0.15, 0.2) is 0 Å². The van der Waals surface area contributed by atoms with Gasteiger partial charge in [0, 0.05) is 54.7 Å². The molecule has 3 aromatic carbocycles. The van der Waals surface area contributed by atoms with Gasteiger partial charge < -0.3 is 19.8 Å². The molecule has 3 fully saturated rings. The molecule has 1 amide bonds. The minimum absolute atomic E-state index is 0.270. The van der Waals surface area contributed by atoms with E-state index in [0.29, 0.717) is 36.5 Å². The number of benzene rings is 3. The molecule has 0 aromatic heterocycles. The van der Waals surface area contributed by atoms with E-state index in [1.165, 1.54) is 24.0 Å². The van der Waals surface area contributed by atoms with Gasteiger partial charge in [-0.25, -0.2) is 0 Å². The summed E-state index contributed by atoms with van der Waals surface area (Å²) in [6.07, 6.45) is 9.13. The van der Waals surface area contributed by atoms with E-state index in [-0.39, 0.29) is 11.5 Å². The first-order chi connectivity index (χ1) is 22.8. The number of amides is 1. The maximum atomic E-state index is 13.0. The van der Waals surface area contributed by atoms with Crippen LogP contribution >= 0.6 is 11.6 Å². The van der Waals surface area contributed by atoms with Crippen LogP contribution in [0, 0.1) is 0 Å². The molecule has 4 atom stereocenters. The Labute approximate surface area is 287 Å². The molecule has 3 aliphatic heterocycles. The highest BCUT2D eigenvalue weighted by atomic mass is 35.5. The maximum Gasteiger partial charge on any atom is 0.209 e. The third kappa shape index (κ3) is 7.95. The summed E-state index contributed by atoms with van der Waals surface area (Å²) in [6, 6.07) is 31.0. The Balaban J connectivity index is 1.16. The summed E-state index contributed by atoms with van der Waals surface area (Å²) in [5.74, 6) is 0. The number of likely N-dealkylation sites (tertiary alicyclic amines) is 1. The molecule has 3 aliphatic rings. The van der Waals surface area contributed by atoms with Crippen molar-refractivity contribution >= 4 is 18.0 Å². The monoisotopic (exact) mass is 656 g/mol. The SMILES string of the molecule is CN(C)CCCC1C2CC(N(C=O)CC(CCCN3CCC(O)(c4ccc(Cl)cc4)CC3)(c3ccccc3)c3ccccc3)CCN12. The van der Waals surface area contributed by atoms with Crippen molar-refractivity contribution in [2.75, 3.05) is 53.4 Å². The Kier molecular flexibility index (Phi) is 11.0. The van der Waals surface area contributed by atoms with E-state index < -0.39 is 5.60 Å². The van der Waals surface area contributed by atoms with E-state index in [0.717, 1.165) is 70.4 Å². The van der Waals surface area contributed by atoms with Crippen LogP contribution in [0.15, 0.2) is 84.9 Å². The number of piperidine rings is 2. The van der Waals surface area contributed by atoms with Crippen LogP contribution in [0.2, 0.25) is 5.02 Å². The van der Waals surface area contributed by atoms with E-state index >= 15 is 0 Å². The smallest absolute Gasteiger partial charge is 0.209 e. The van der Waals surface area contributed by atoms with Crippen molar-refractivity contribution in [2.45, 2.75) is 80.5 Å². The predicted octanol–water partition coefficient (Wildman–Crippen LogP) is 6.41. The van der Waals surface area contributed by atoms with Gasteiger partial charge in [-0.2, -0.15) is 0 Å². The van der Waals surface area contributed by atoms with Gasteiger partial charge in [-0.15, -0.1) is 0 Å². The molecule has 7 heteroatoms. The molecule has 0 bridgehead atoms. The van der Waals surface area contributed by atoms with Crippen LogP contribution in [-0.4, -0.2) is 103 Å². The summed E-state index contributed by atoms with van der Waals surface area (Å²) in [5.41, 5.74) is 2.40. The second kappa shape index (κ2) is 15.2. The van der Waals surface area contributed by atoms with Crippen LogP contribution in [0.5, 0.6) is 0 Å². The molecule has 47 heavy (non-hydrogen) atoms. The lowest BCUT2D eigenvalue weighted by molar-refractivity contribution is -0.121. The average molecular weight is 657 g/mol. The highest BCUT2D eigenvalue weighted by Crippen LogP contribution is 2.43. The van der Waals surface area contributed by atoms with Crippen molar-refractivity contribution in [1.82, 2.24) is 19.6 Å². The average Bonchev–Trinajstić information content (AvgIpc) is 3.79. The Bertz CT molecular complexity index is 1370. The number of halogens is 1. The van der Waals surface area contributed by atoms with Crippen LogP contribution in [0.1, 0.15) is 68.1 Å². The minimum atomic E-state index is -0.800. The molecule has 1 N–H and O–H groups in total. The van der Waals surface area contributed by atoms with Crippen molar-refractivity contribution < 1.29 is 9.90 Å². The van der Waals surface area contributed by atoms with E-state index in [1.54, 1.807) is 0 Å². The van der Waals surface area contributed by atoms with Crippen LogP contribution in [0.25, 0.3) is 0 Å². The summed E-state index contributed by atoms with van der Waals surface area (Å²) in [5, 5.41) is 12.1. The standard InChI is InChI=1S/C40H53ClN4O2/c1-42(2)24-9-15-37-38-29-36(20-26-45(37)38)44(31-46)30-39(32-11-5-3-6-12-32,33-13-7-4-8-14-33)21-10-25-43-27-22-40(47,23-28-43)34-16-18-35(41)19-17-34/h3-8,11-14,16-19,31,36-38,47H,9-10,15,20-30H2,1-2H3. The Morgan fingerprint density at radius 1 is 0.915 bits per heavy atom. The molecule has 3 saturated heterocycles. The second-order valence-corrected chi connectivity index (χ2v) is 15.0. The lowest BCUT2D eigenvalue weighted by Gasteiger charge is -2.43. The van der Waals surface area contributed by atoms with Crippen molar-refractivity contribution in [3.8, 4) is 0 Å². The minimum Gasteiger partial charge on any atom is -0.385 e. The molecule has 0 spiro atoms. The highest BCUT2D eigenvalue weighted by molar-refractivity contribution is 6.30. The molecule has 6 rings (SSSR count). The zero-order valence-electron chi connectivity index (χ0n) is 28.3. The van der Waals surface area contributed by atoms with E-state index in [9.17, 15) is 9.90 Å². The Morgan fingerprint density at radius 2 is 1.55 bits per heavy atom. The molecule has 4 unspecified atom stereocenters. The fourth-order valence-electron chi connectivity index (χ4n) is 8.58. The van der Waals surface area contributed by atoms with Gasteiger partial charge >= 0.3 is 0 Å².